The number of hydrogen-bond donors (Lipinski definition) is 0. The molecule has 0 saturated carbocycles. The standard InChI is InChI=1S/C12H22O2/c1-6-9-13-11(7-2)12(8-3)14-10(4)5/h7-8,10H,6,9H2,1-5H3. The van der Waals surface area contributed by atoms with Gasteiger partial charge < -0.3 is 9.47 Å². The van der Waals surface area contributed by atoms with Gasteiger partial charge in [-0.1, -0.05) is 6.92 Å². The molecule has 0 heterocycles. The SMILES string of the molecule is CC=C(OCCC)C(=CC)OC(C)C. The molecule has 0 aliphatic heterocycles. The van der Waals surface area contributed by atoms with E-state index in [9.17, 15) is 0 Å². The summed E-state index contributed by atoms with van der Waals surface area (Å²) in [4.78, 5) is 0. The van der Waals surface area contributed by atoms with E-state index in [1.54, 1.807) is 0 Å². The summed E-state index contributed by atoms with van der Waals surface area (Å²) in [5.74, 6) is 1.67. The first-order chi connectivity index (χ1) is 6.65. The molecule has 0 N–H and O–H groups in total. The van der Waals surface area contributed by atoms with E-state index in [2.05, 4.69) is 6.92 Å². The summed E-state index contributed by atoms with van der Waals surface area (Å²) >= 11 is 0. The summed E-state index contributed by atoms with van der Waals surface area (Å²) in [6.45, 7) is 10.8. The van der Waals surface area contributed by atoms with Gasteiger partial charge in [-0.2, -0.15) is 0 Å². The van der Waals surface area contributed by atoms with Crippen molar-refractivity contribution in [3.8, 4) is 0 Å². The Balaban J connectivity index is 4.33. The van der Waals surface area contributed by atoms with Crippen LogP contribution < -0.4 is 0 Å². The first-order valence-corrected chi connectivity index (χ1v) is 5.28. The summed E-state index contributed by atoms with van der Waals surface area (Å²) in [6.07, 6.45) is 5.07. The van der Waals surface area contributed by atoms with Crippen LogP contribution in [0.25, 0.3) is 0 Å². The number of ether oxygens (including phenoxy) is 2. The quantitative estimate of drug-likeness (QED) is 0.479. The van der Waals surface area contributed by atoms with Crippen molar-refractivity contribution in [2.75, 3.05) is 6.61 Å². The highest BCUT2D eigenvalue weighted by molar-refractivity contribution is 5.19. The normalized spacial score (nSPS) is 13.3. The Bertz CT molecular complexity index is 202. The predicted molar refractivity (Wildman–Crippen MR) is 60.0 cm³/mol. The van der Waals surface area contributed by atoms with Crippen molar-refractivity contribution < 1.29 is 9.47 Å². The second-order valence-corrected chi connectivity index (χ2v) is 3.32. The monoisotopic (exact) mass is 198 g/mol. The van der Waals surface area contributed by atoms with E-state index in [1.807, 2.05) is 39.8 Å². The summed E-state index contributed by atoms with van der Waals surface area (Å²) < 4.78 is 11.2. The lowest BCUT2D eigenvalue weighted by atomic mass is 10.3. The number of allylic oxidation sites excluding steroid dienone is 2. The van der Waals surface area contributed by atoms with E-state index in [0.29, 0.717) is 0 Å². The van der Waals surface area contributed by atoms with Crippen LogP contribution in [-0.2, 0) is 9.47 Å². The van der Waals surface area contributed by atoms with Gasteiger partial charge in [-0.25, -0.2) is 0 Å². The van der Waals surface area contributed by atoms with E-state index < -0.39 is 0 Å². The van der Waals surface area contributed by atoms with Gasteiger partial charge >= 0.3 is 0 Å². The molecule has 0 radical (unpaired) electrons. The summed E-state index contributed by atoms with van der Waals surface area (Å²) in [7, 11) is 0. The van der Waals surface area contributed by atoms with E-state index in [1.165, 1.54) is 0 Å². The highest BCUT2D eigenvalue weighted by Crippen LogP contribution is 2.15. The smallest absolute Gasteiger partial charge is 0.156 e. The molecule has 0 unspecified atom stereocenters. The zero-order valence-corrected chi connectivity index (χ0v) is 9.96. The fourth-order valence-electron chi connectivity index (χ4n) is 1.03. The van der Waals surface area contributed by atoms with Crippen LogP contribution in [0.2, 0.25) is 0 Å². The summed E-state index contributed by atoms with van der Waals surface area (Å²) in [5, 5.41) is 0. The lowest BCUT2D eigenvalue weighted by molar-refractivity contribution is 0.113. The lowest BCUT2D eigenvalue weighted by Crippen LogP contribution is -2.07. The van der Waals surface area contributed by atoms with E-state index >= 15 is 0 Å². The molecule has 82 valence electrons. The van der Waals surface area contributed by atoms with E-state index in [-0.39, 0.29) is 6.10 Å². The van der Waals surface area contributed by atoms with Crippen LogP contribution in [0.4, 0.5) is 0 Å². The minimum absolute atomic E-state index is 0.182. The molecule has 2 nitrogen and oxygen atoms in total. The summed E-state index contributed by atoms with van der Waals surface area (Å²) in [5.41, 5.74) is 0. The molecule has 0 bridgehead atoms. The number of rotatable bonds is 6. The average Bonchev–Trinajstić information content (AvgIpc) is 2.16. The molecule has 14 heavy (non-hydrogen) atoms. The van der Waals surface area contributed by atoms with Crippen LogP contribution >= 0.6 is 0 Å². The Labute approximate surface area is 87.6 Å². The summed E-state index contributed by atoms with van der Waals surface area (Å²) in [6, 6.07) is 0. The van der Waals surface area contributed by atoms with Crippen LogP contribution in [-0.4, -0.2) is 12.7 Å². The Morgan fingerprint density at radius 1 is 1.14 bits per heavy atom. The van der Waals surface area contributed by atoms with Crippen LogP contribution in [0.5, 0.6) is 0 Å². The first kappa shape index (κ1) is 13.1. The van der Waals surface area contributed by atoms with Gasteiger partial charge in [0.15, 0.2) is 11.5 Å². The fraction of sp³-hybridized carbons (Fsp3) is 0.667. The molecule has 0 amide bonds. The fourth-order valence-corrected chi connectivity index (χ4v) is 1.03. The molecule has 0 aliphatic carbocycles. The minimum Gasteiger partial charge on any atom is -0.490 e. The molecule has 0 aromatic rings. The average molecular weight is 198 g/mol. The number of hydrogen-bond acceptors (Lipinski definition) is 2. The molecule has 0 aliphatic rings. The van der Waals surface area contributed by atoms with Crippen molar-refractivity contribution in [3.05, 3.63) is 23.7 Å². The second kappa shape index (κ2) is 7.48. The zero-order valence-electron chi connectivity index (χ0n) is 9.96. The first-order valence-electron chi connectivity index (χ1n) is 5.28. The van der Waals surface area contributed by atoms with Gasteiger partial charge in [-0.15, -0.1) is 0 Å². The van der Waals surface area contributed by atoms with Crippen LogP contribution in [0, 0.1) is 0 Å². The Morgan fingerprint density at radius 3 is 2.07 bits per heavy atom. The van der Waals surface area contributed by atoms with Gasteiger partial charge in [0.05, 0.1) is 12.7 Å². The van der Waals surface area contributed by atoms with Crippen molar-refractivity contribution in [2.24, 2.45) is 0 Å². The maximum absolute atomic E-state index is 5.62. The van der Waals surface area contributed by atoms with Gasteiger partial charge in [0.2, 0.25) is 0 Å². The second-order valence-electron chi connectivity index (χ2n) is 3.32. The van der Waals surface area contributed by atoms with Gasteiger partial charge in [-0.05, 0) is 46.3 Å². The Hall–Kier alpha value is -0.920. The molecule has 0 fully saturated rings. The predicted octanol–water partition coefficient (Wildman–Crippen LogP) is 3.65. The largest absolute Gasteiger partial charge is 0.490 e. The molecule has 0 atom stereocenters. The van der Waals surface area contributed by atoms with Crippen molar-refractivity contribution in [1.82, 2.24) is 0 Å². The van der Waals surface area contributed by atoms with Crippen molar-refractivity contribution >= 4 is 0 Å². The van der Waals surface area contributed by atoms with Gasteiger partial charge in [0.1, 0.15) is 0 Å². The molecule has 0 saturated heterocycles. The molecular weight excluding hydrogens is 176 g/mol. The third-order valence-electron chi connectivity index (χ3n) is 1.59. The van der Waals surface area contributed by atoms with Crippen molar-refractivity contribution in [1.29, 1.82) is 0 Å². The van der Waals surface area contributed by atoms with Crippen molar-refractivity contribution in [2.45, 2.75) is 47.1 Å². The molecule has 0 aromatic carbocycles. The molecule has 0 spiro atoms. The van der Waals surface area contributed by atoms with Crippen LogP contribution in [0.1, 0.15) is 41.0 Å². The van der Waals surface area contributed by atoms with E-state index in [4.69, 9.17) is 9.47 Å². The maximum Gasteiger partial charge on any atom is 0.156 e. The van der Waals surface area contributed by atoms with Crippen LogP contribution in [0.15, 0.2) is 23.7 Å². The maximum atomic E-state index is 5.62. The third-order valence-corrected chi connectivity index (χ3v) is 1.59. The molecule has 0 aromatic heterocycles. The highest BCUT2D eigenvalue weighted by atomic mass is 16.5. The van der Waals surface area contributed by atoms with Gasteiger partial charge in [0.25, 0.3) is 0 Å². The molecule has 0 rings (SSSR count). The Kier molecular flexibility index (Phi) is 6.99. The highest BCUT2D eigenvalue weighted by Gasteiger charge is 2.07. The van der Waals surface area contributed by atoms with Crippen molar-refractivity contribution in [3.63, 3.8) is 0 Å². The minimum atomic E-state index is 0.182. The lowest BCUT2D eigenvalue weighted by Gasteiger charge is -2.16. The topological polar surface area (TPSA) is 18.5 Å². The third kappa shape index (κ3) is 4.95. The van der Waals surface area contributed by atoms with Gasteiger partial charge in [-0.3, -0.25) is 0 Å². The molecule has 2 heteroatoms. The Morgan fingerprint density at radius 2 is 1.71 bits per heavy atom. The molecular formula is C12H22O2. The van der Waals surface area contributed by atoms with Crippen LogP contribution in [0.3, 0.4) is 0 Å². The van der Waals surface area contributed by atoms with E-state index in [0.717, 1.165) is 24.5 Å². The zero-order chi connectivity index (χ0) is 11.0. The van der Waals surface area contributed by atoms with Gasteiger partial charge in [0, 0.05) is 0 Å².